The molecular weight excluding hydrogens is 466 g/mol. The lowest BCUT2D eigenvalue weighted by atomic mass is 9.50. The second-order valence-electron chi connectivity index (χ2n) is 11.6. The molecule has 5 heteroatoms. The van der Waals surface area contributed by atoms with Gasteiger partial charge in [-0.25, -0.2) is 0 Å². The fourth-order valence-corrected chi connectivity index (χ4v) is 8.37. The van der Waals surface area contributed by atoms with Crippen LogP contribution in [-0.4, -0.2) is 22.4 Å². The van der Waals surface area contributed by atoms with Crippen molar-refractivity contribution in [2.45, 2.75) is 88.1 Å². The molecule has 1 aromatic rings. The summed E-state index contributed by atoms with van der Waals surface area (Å²) >= 11 is 6.53. The number of terminal acetylenes is 1. The van der Waals surface area contributed by atoms with E-state index >= 15 is 8.78 Å². The fourth-order valence-electron chi connectivity index (χ4n) is 8.07. The highest BCUT2D eigenvalue weighted by atomic mass is 35.5. The first kappa shape index (κ1) is 23.4. The van der Waals surface area contributed by atoms with Gasteiger partial charge in [0.15, 0.2) is 5.78 Å². The average Bonchev–Trinajstić information content (AvgIpc) is 3.66. The number of halogens is 3. The number of rotatable bonds is 3. The molecule has 5 atom stereocenters. The lowest BCUT2D eigenvalue weighted by Crippen LogP contribution is -2.60. The van der Waals surface area contributed by atoms with Crippen molar-refractivity contribution in [3.05, 3.63) is 57.1 Å². The van der Waals surface area contributed by atoms with Crippen LogP contribution in [0.25, 0.3) is 0 Å². The van der Waals surface area contributed by atoms with Crippen molar-refractivity contribution >= 4 is 17.4 Å². The molecule has 1 N–H and O–H groups in total. The third-order valence-corrected chi connectivity index (χ3v) is 10.5. The van der Waals surface area contributed by atoms with E-state index in [9.17, 15) is 9.90 Å². The smallest absolute Gasteiger partial charge is 0.336 e. The molecule has 0 saturated heterocycles. The molecule has 1 aromatic carbocycles. The second-order valence-corrected chi connectivity index (χ2v) is 12.0. The highest BCUT2D eigenvalue weighted by Gasteiger charge is 2.71. The van der Waals surface area contributed by atoms with Gasteiger partial charge in [0.2, 0.25) is 0 Å². The van der Waals surface area contributed by atoms with Crippen LogP contribution in [0.3, 0.4) is 0 Å². The molecule has 0 aromatic heterocycles. The zero-order chi connectivity index (χ0) is 24.8. The van der Waals surface area contributed by atoms with E-state index in [1.165, 1.54) is 29.6 Å². The van der Waals surface area contributed by atoms with Gasteiger partial charge in [0.25, 0.3) is 0 Å². The maximum Gasteiger partial charge on any atom is 0.336 e. The van der Waals surface area contributed by atoms with Crippen molar-refractivity contribution in [2.75, 3.05) is 0 Å². The summed E-state index contributed by atoms with van der Waals surface area (Å²) in [6, 6.07) is 8.64. The lowest BCUT2D eigenvalue weighted by Gasteiger charge is -2.55. The van der Waals surface area contributed by atoms with Crippen LogP contribution in [0.15, 0.2) is 46.0 Å². The first-order chi connectivity index (χ1) is 16.6. The van der Waals surface area contributed by atoms with Crippen molar-refractivity contribution in [1.29, 1.82) is 0 Å². The van der Waals surface area contributed by atoms with E-state index in [0.717, 1.165) is 17.6 Å². The van der Waals surface area contributed by atoms with Crippen LogP contribution in [0.5, 0.6) is 0 Å². The van der Waals surface area contributed by atoms with Crippen LogP contribution in [0.2, 0.25) is 0 Å². The molecule has 0 amide bonds. The van der Waals surface area contributed by atoms with Gasteiger partial charge in [0, 0.05) is 17.8 Å². The van der Waals surface area contributed by atoms with E-state index in [4.69, 9.17) is 18.0 Å². The molecule has 0 radical (unpaired) electrons. The topological polar surface area (TPSA) is 37.3 Å². The van der Waals surface area contributed by atoms with Crippen molar-refractivity contribution in [2.24, 2.45) is 17.3 Å². The summed E-state index contributed by atoms with van der Waals surface area (Å²) in [5, 5.41) is 11.9. The molecule has 0 unspecified atom stereocenters. The number of ketones is 1. The number of hydrogen-bond donors (Lipinski definition) is 1. The summed E-state index contributed by atoms with van der Waals surface area (Å²) in [6.07, 6.45) is 11.1. The Bertz CT molecular complexity index is 1200. The van der Waals surface area contributed by atoms with Crippen molar-refractivity contribution in [3.8, 4) is 12.3 Å². The van der Waals surface area contributed by atoms with Crippen LogP contribution in [0.4, 0.5) is 8.78 Å². The Hall–Kier alpha value is -1.96. The molecule has 35 heavy (non-hydrogen) atoms. The quantitative estimate of drug-likeness (QED) is 0.456. The van der Waals surface area contributed by atoms with Gasteiger partial charge < -0.3 is 5.11 Å². The summed E-state index contributed by atoms with van der Waals surface area (Å²) in [5.41, 5.74) is 2.56. The minimum absolute atomic E-state index is 0.000242. The number of allylic oxidation sites excluding steroid dienone is 4. The van der Waals surface area contributed by atoms with Crippen LogP contribution in [0.1, 0.15) is 87.7 Å². The Labute approximate surface area is 210 Å². The standard InChI is InChI=1S/C30H31ClF2O2/c1-3-30(32,33)29(35)15-14-24-22-11-10-21-20(12-13-25(34)27(21)31)26(22)23(16-28(24,29)2)19-8-6-18(7-9-19)17-4-5-17/h1,6-9,17,22-24,35H,4-5,10-16H2,2H3/t22-,23-,24-,28-,29-/m0/s1. The van der Waals surface area contributed by atoms with Gasteiger partial charge in [0.1, 0.15) is 5.60 Å². The number of hydrogen-bond acceptors (Lipinski definition) is 2. The highest BCUT2D eigenvalue weighted by Crippen LogP contribution is 2.69. The van der Waals surface area contributed by atoms with Gasteiger partial charge in [-0.1, -0.05) is 48.4 Å². The molecule has 184 valence electrons. The van der Waals surface area contributed by atoms with Crippen LogP contribution in [0, 0.1) is 29.6 Å². The van der Waals surface area contributed by atoms with E-state index in [1.54, 1.807) is 5.92 Å². The molecule has 2 nitrogen and oxygen atoms in total. The Balaban J connectivity index is 1.52. The van der Waals surface area contributed by atoms with Crippen molar-refractivity contribution in [3.63, 3.8) is 0 Å². The average molecular weight is 497 g/mol. The van der Waals surface area contributed by atoms with Gasteiger partial charge in [-0.2, -0.15) is 8.78 Å². The van der Waals surface area contributed by atoms with Crippen molar-refractivity contribution in [1.82, 2.24) is 0 Å². The minimum atomic E-state index is -3.60. The molecule has 0 heterocycles. The fraction of sp³-hybridized carbons (Fsp3) is 0.567. The lowest BCUT2D eigenvalue weighted by molar-refractivity contribution is -0.209. The van der Waals surface area contributed by atoms with Gasteiger partial charge in [-0.05, 0) is 97.3 Å². The Kier molecular flexibility index (Phi) is 5.20. The van der Waals surface area contributed by atoms with Crippen molar-refractivity contribution < 1.29 is 18.7 Å². The van der Waals surface area contributed by atoms with E-state index < -0.39 is 16.9 Å². The molecule has 3 saturated carbocycles. The number of benzene rings is 1. The summed E-state index contributed by atoms with van der Waals surface area (Å²) in [5.74, 6) is -1.46. The first-order valence-electron chi connectivity index (χ1n) is 12.9. The maximum atomic E-state index is 15.2. The number of carbonyl (C=O) groups excluding carboxylic acids is 1. The van der Waals surface area contributed by atoms with Gasteiger partial charge in [-0.3, -0.25) is 4.79 Å². The molecule has 0 aliphatic heterocycles. The van der Waals surface area contributed by atoms with Gasteiger partial charge in [0.05, 0.1) is 5.03 Å². The Morgan fingerprint density at radius 2 is 1.74 bits per heavy atom. The SMILES string of the molecule is C#CC(F)(F)[C@]1(O)CC[C@H]2[C@@H]3CCC4=C(Cl)C(=O)CCC4=C3[C@H](c3ccc(C4CC4)cc3)C[C@@]21C. The van der Waals surface area contributed by atoms with Crippen LogP contribution in [-0.2, 0) is 4.79 Å². The minimum Gasteiger partial charge on any atom is -0.382 e. The Morgan fingerprint density at radius 3 is 2.40 bits per heavy atom. The molecular formula is C30H31ClF2O2. The largest absolute Gasteiger partial charge is 0.382 e. The molecule has 0 bridgehead atoms. The maximum absolute atomic E-state index is 15.2. The zero-order valence-electron chi connectivity index (χ0n) is 20.0. The monoisotopic (exact) mass is 496 g/mol. The summed E-state index contributed by atoms with van der Waals surface area (Å²) in [6.45, 7) is 1.84. The molecule has 3 fully saturated rings. The van der Waals surface area contributed by atoms with E-state index in [0.29, 0.717) is 43.1 Å². The predicted molar refractivity (Wildman–Crippen MR) is 132 cm³/mol. The van der Waals surface area contributed by atoms with Gasteiger partial charge >= 0.3 is 5.92 Å². The molecule has 0 spiro atoms. The van der Waals surface area contributed by atoms with Gasteiger partial charge in [-0.15, -0.1) is 6.42 Å². The van der Waals surface area contributed by atoms with E-state index in [2.05, 4.69) is 24.3 Å². The van der Waals surface area contributed by atoms with E-state index in [1.807, 2.05) is 6.92 Å². The first-order valence-corrected chi connectivity index (χ1v) is 13.3. The summed E-state index contributed by atoms with van der Waals surface area (Å²) in [4.78, 5) is 12.4. The number of aliphatic hydroxyl groups is 1. The zero-order valence-corrected chi connectivity index (χ0v) is 20.8. The second kappa shape index (κ2) is 7.77. The highest BCUT2D eigenvalue weighted by molar-refractivity contribution is 6.43. The molecule has 5 aliphatic rings. The summed E-state index contributed by atoms with van der Waals surface area (Å²) in [7, 11) is 0. The van der Waals surface area contributed by atoms with E-state index in [-0.39, 0.29) is 30.0 Å². The van der Waals surface area contributed by atoms with Crippen LogP contribution >= 0.6 is 11.6 Å². The third-order valence-electron chi connectivity index (χ3n) is 10.1. The third kappa shape index (κ3) is 3.20. The molecule has 6 rings (SSSR count). The van der Waals surface area contributed by atoms with Crippen LogP contribution < -0.4 is 0 Å². The number of Topliss-reactive ketones (excluding diaryl/α,β-unsaturated/α-hetero) is 1. The number of alkyl halides is 2. The Morgan fingerprint density at radius 1 is 1.06 bits per heavy atom. The summed E-state index contributed by atoms with van der Waals surface area (Å²) < 4.78 is 30.3. The number of carbonyl (C=O) groups is 1. The predicted octanol–water partition coefficient (Wildman–Crippen LogP) is 7.03. The molecule has 5 aliphatic carbocycles. The normalized spacial score (nSPS) is 37.0. The number of fused-ring (bicyclic) bond motifs is 4.